The molecule has 7 heteroatoms. The van der Waals surface area contributed by atoms with Crippen LogP contribution in [0.1, 0.15) is 17.5 Å². The lowest BCUT2D eigenvalue weighted by atomic mass is 10.1. The van der Waals surface area contributed by atoms with Gasteiger partial charge in [-0.2, -0.15) is 5.26 Å². The van der Waals surface area contributed by atoms with Crippen molar-refractivity contribution in [3.8, 4) is 11.8 Å². The van der Waals surface area contributed by atoms with E-state index in [0.29, 0.717) is 11.6 Å². The summed E-state index contributed by atoms with van der Waals surface area (Å²) in [4.78, 5) is 28.3. The van der Waals surface area contributed by atoms with Crippen molar-refractivity contribution < 1.29 is 19.1 Å². The van der Waals surface area contributed by atoms with Gasteiger partial charge in [-0.1, -0.05) is 24.3 Å². The van der Waals surface area contributed by atoms with E-state index in [2.05, 4.69) is 0 Å². The molecule has 0 fully saturated rings. The van der Waals surface area contributed by atoms with E-state index in [9.17, 15) is 14.9 Å². The van der Waals surface area contributed by atoms with Gasteiger partial charge in [-0.3, -0.25) is 9.59 Å². The number of nitrogens with zero attached hydrogens (tertiary/aromatic N) is 3. The van der Waals surface area contributed by atoms with E-state index in [4.69, 9.17) is 9.47 Å². The number of Topliss-reactive ketones (excluding diaryl/α,β-unsaturated/α-hetero) is 1. The molecule has 0 N–H and O–H groups in total. The van der Waals surface area contributed by atoms with Crippen LogP contribution in [-0.2, 0) is 14.3 Å². The highest BCUT2D eigenvalue weighted by molar-refractivity contribution is 6.03. The summed E-state index contributed by atoms with van der Waals surface area (Å²) in [5, 5.41) is 9.61. The number of hydrogen-bond acceptors (Lipinski definition) is 7. The molecule has 1 heterocycles. The molecule has 0 saturated heterocycles. The fraction of sp³-hybridized carbons (Fsp3) is 0.292. The van der Waals surface area contributed by atoms with Crippen LogP contribution < -0.4 is 14.5 Å². The van der Waals surface area contributed by atoms with Gasteiger partial charge in [0.2, 0.25) is 5.78 Å². The van der Waals surface area contributed by atoms with Crippen molar-refractivity contribution in [2.24, 2.45) is 0 Å². The highest BCUT2D eigenvalue weighted by Gasteiger charge is 2.31. The van der Waals surface area contributed by atoms with Gasteiger partial charge in [0.15, 0.2) is 6.61 Å². The SMILES string of the molecule is Cc1ccc(C)c(OCCC(=O)OCC(=O)C(C#N)=C2N(C)c3ccccc3N2C)c1. The Bertz CT molecular complexity index is 1050. The normalized spacial score (nSPS) is 12.3. The lowest BCUT2D eigenvalue weighted by Gasteiger charge is -2.19. The first kappa shape index (κ1) is 21.9. The standard InChI is InChI=1S/C24H25N3O4/c1-16-9-10-17(2)22(13-16)30-12-11-23(29)31-15-21(28)18(14-25)24-26(3)19-7-5-6-8-20(19)27(24)4/h5-10,13H,11-12,15H2,1-4H3. The summed E-state index contributed by atoms with van der Waals surface area (Å²) in [6.45, 7) is 3.54. The van der Waals surface area contributed by atoms with Crippen LogP contribution in [0.3, 0.4) is 0 Å². The van der Waals surface area contributed by atoms with Crippen LogP contribution in [0.15, 0.2) is 53.9 Å². The van der Waals surface area contributed by atoms with Crippen molar-refractivity contribution in [1.82, 2.24) is 0 Å². The van der Waals surface area contributed by atoms with Crippen LogP contribution in [0.5, 0.6) is 5.75 Å². The number of esters is 1. The number of hydrogen-bond donors (Lipinski definition) is 0. The Balaban J connectivity index is 1.58. The van der Waals surface area contributed by atoms with Gasteiger partial charge in [0.25, 0.3) is 0 Å². The molecule has 7 nitrogen and oxygen atoms in total. The largest absolute Gasteiger partial charge is 0.493 e. The van der Waals surface area contributed by atoms with Gasteiger partial charge in [-0.15, -0.1) is 0 Å². The third kappa shape index (κ3) is 4.69. The average Bonchev–Trinajstić information content (AvgIpc) is 3.01. The molecule has 0 aliphatic carbocycles. The molecule has 0 aromatic heterocycles. The molecule has 31 heavy (non-hydrogen) atoms. The fourth-order valence-electron chi connectivity index (χ4n) is 3.45. The number of nitriles is 1. The van der Waals surface area contributed by atoms with Crippen LogP contribution in [0.25, 0.3) is 0 Å². The number of fused-ring (bicyclic) bond motifs is 1. The lowest BCUT2D eigenvalue weighted by molar-refractivity contribution is -0.147. The first-order valence-electron chi connectivity index (χ1n) is 9.93. The van der Waals surface area contributed by atoms with Gasteiger partial charge >= 0.3 is 5.97 Å². The highest BCUT2D eigenvalue weighted by atomic mass is 16.5. The Hall–Kier alpha value is -3.79. The third-order valence-corrected chi connectivity index (χ3v) is 5.13. The van der Waals surface area contributed by atoms with E-state index in [1.807, 2.05) is 62.4 Å². The smallest absolute Gasteiger partial charge is 0.309 e. The molecule has 0 unspecified atom stereocenters. The number of benzene rings is 2. The highest BCUT2D eigenvalue weighted by Crippen LogP contribution is 2.40. The molecule has 1 aliphatic heterocycles. The fourth-order valence-corrected chi connectivity index (χ4v) is 3.45. The van der Waals surface area contributed by atoms with Crippen molar-refractivity contribution in [1.29, 1.82) is 5.26 Å². The first-order valence-corrected chi connectivity index (χ1v) is 9.93. The van der Waals surface area contributed by atoms with E-state index < -0.39 is 18.4 Å². The summed E-state index contributed by atoms with van der Waals surface area (Å²) < 4.78 is 10.7. The van der Waals surface area contributed by atoms with Crippen molar-refractivity contribution >= 4 is 23.1 Å². The number of carbonyl (C=O) groups excluding carboxylic acids is 2. The van der Waals surface area contributed by atoms with Crippen LogP contribution in [0, 0.1) is 25.2 Å². The van der Waals surface area contributed by atoms with Gasteiger partial charge in [-0.05, 0) is 43.2 Å². The lowest BCUT2D eigenvalue weighted by Crippen LogP contribution is -2.28. The number of rotatable bonds is 7. The Morgan fingerprint density at radius 3 is 2.29 bits per heavy atom. The monoisotopic (exact) mass is 419 g/mol. The third-order valence-electron chi connectivity index (χ3n) is 5.13. The van der Waals surface area contributed by atoms with Crippen LogP contribution in [-0.4, -0.2) is 39.1 Å². The van der Waals surface area contributed by atoms with Gasteiger partial charge in [0, 0.05) is 14.1 Å². The van der Waals surface area contributed by atoms with E-state index in [1.54, 1.807) is 23.9 Å². The second-order valence-electron chi connectivity index (χ2n) is 7.37. The summed E-state index contributed by atoms with van der Waals surface area (Å²) in [6, 6.07) is 15.4. The number of ether oxygens (including phenoxy) is 2. The minimum atomic E-state index is -0.558. The Kier molecular flexibility index (Phi) is 6.61. The van der Waals surface area contributed by atoms with Crippen molar-refractivity contribution in [2.75, 3.05) is 37.1 Å². The Morgan fingerprint density at radius 1 is 1.03 bits per heavy atom. The molecule has 3 rings (SSSR count). The van der Waals surface area contributed by atoms with Crippen molar-refractivity contribution in [3.63, 3.8) is 0 Å². The van der Waals surface area contributed by atoms with E-state index >= 15 is 0 Å². The number of para-hydroxylation sites is 2. The number of aryl methyl sites for hydroxylation is 2. The minimum Gasteiger partial charge on any atom is -0.493 e. The van der Waals surface area contributed by atoms with E-state index in [-0.39, 0.29) is 18.6 Å². The molecule has 2 aromatic rings. The predicted molar refractivity (Wildman–Crippen MR) is 118 cm³/mol. The quantitative estimate of drug-likeness (QED) is 0.386. The van der Waals surface area contributed by atoms with E-state index in [0.717, 1.165) is 22.5 Å². The van der Waals surface area contributed by atoms with Crippen LogP contribution in [0.2, 0.25) is 0 Å². The summed E-state index contributed by atoms with van der Waals surface area (Å²) >= 11 is 0. The summed E-state index contributed by atoms with van der Waals surface area (Å²) in [6.07, 6.45) is 0.00433. The predicted octanol–water partition coefficient (Wildman–Crippen LogP) is 3.51. The van der Waals surface area contributed by atoms with Crippen molar-refractivity contribution in [2.45, 2.75) is 20.3 Å². The summed E-state index contributed by atoms with van der Waals surface area (Å²) in [7, 11) is 3.58. The minimum absolute atomic E-state index is 0.00433. The number of carbonyl (C=O) groups is 2. The zero-order valence-electron chi connectivity index (χ0n) is 18.1. The molecule has 0 saturated carbocycles. The molecule has 0 atom stereocenters. The Labute approximate surface area is 182 Å². The van der Waals surface area contributed by atoms with Gasteiger partial charge < -0.3 is 19.3 Å². The zero-order valence-corrected chi connectivity index (χ0v) is 18.1. The first-order chi connectivity index (χ1) is 14.8. The molecule has 0 amide bonds. The average molecular weight is 419 g/mol. The van der Waals surface area contributed by atoms with Crippen LogP contribution in [0.4, 0.5) is 11.4 Å². The second-order valence-corrected chi connectivity index (χ2v) is 7.37. The molecule has 2 aromatic carbocycles. The Morgan fingerprint density at radius 2 is 1.68 bits per heavy atom. The molecule has 1 aliphatic rings. The van der Waals surface area contributed by atoms with Crippen LogP contribution >= 0.6 is 0 Å². The van der Waals surface area contributed by atoms with Crippen molar-refractivity contribution in [3.05, 3.63) is 65.0 Å². The topological polar surface area (TPSA) is 82.9 Å². The second kappa shape index (κ2) is 9.35. The number of ketones is 1. The number of anilines is 2. The van der Waals surface area contributed by atoms with Gasteiger partial charge in [-0.25, -0.2) is 0 Å². The molecular weight excluding hydrogens is 394 g/mol. The maximum absolute atomic E-state index is 12.6. The molecule has 0 radical (unpaired) electrons. The molecular formula is C24H25N3O4. The van der Waals surface area contributed by atoms with E-state index in [1.165, 1.54) is 0 Å². The molecule has 0 bridgehead atoms. The maximum Gasteiger partial charge on any atom is 0.309 e. The zero-order chi connectivity index (χ0) is 22.5. The van der Waals surface area contributed by atoms with Gasteiger partial charge in [0.1, 0.15) is 23.2 Å². The molecule has 160 valence electrons. The van der Waals surface area contributed by atoms with Gasteiger partial charge in [0.05, 0.1) is 24.4 Å². The maximum atomic E-state index is 12.6. The molecule has 0 spiro atoms. The summed E-state index contributed by atoms with van der Waals surface area (Å²) in [5.41, 5.74) is 3.77. The summed E-state index contributed by atoms with van der Waals surface area (Å²) in [5.74, 6) is 0.0698.